The van der Waals surface area contributed by atoms with E-state index in [0.29, 0.717) is 5.82 Å². The van der Waals surface area contributed by atoms with Crippen molar-refractivity contribution in [1.82, 2.24) is 9.97 Å². The van der Waals surface area contributed by atoms with Crippen molar-refractivity contribution in [2.24, 2.45) is 5.73 Å². The minimum Gasteiger partial charge on any atom is -0.324 e. The van der Waals surface area contributed by atoms with Crippen LogP contribution >= 0.6 is 12.4 Å². The summed E-state index contributed by atoms with van der Waals surface area (Å²) in [6, 6.07) is 0. The summed E-state index contributed by atoms with van der Waals surface area (Å²) in [6.07, 6.45) is 3.61. The standard InChI is InChI=1S/C6H9N3O2S.ClH/c1-12(10,11)5-3-8-6(2-7)9-4-5;/h3-4H,2,7H2,1H3;1H. The van der Waals surface area contributed by atoms with E-state index in [2.05, 4.69) is 9.97 Å². The van der Waals surface area contributed by atoms with Gasteiger partial charge in [-0.1, -0.05) is 0 Å². The zero-order valence-electron chi connectivity index (χ0n) is 6.97. The Bertz CT molecular complexity index is 362. The molecule has 74 valence electrons. The van der Waals surface area contributed by atoms with Crippen molar-refractivity contribution in [1.29, 1.82) is 0 Å². The van der Waals surface area contributed by atoms with Gasteiger partial charge in [0.2, 0.25) is 0 Å². The van der Waals surface area contributed by atoms with Gasteiger partial charge in [0.05, 0.1) is 6.54 Å². The van der Waals surface area contributed by atoms with Crippen LogP contribution in [0.1, 0.15) is 5.82 Å². The lowest BCUT2D eigenvalue weighted by atomic mass is 10.5. The topological polar surface area (TPSA) is 85.9 Å². The van der Waals surface area contributed by atoms with Gasteiger partial charge in [-0.15, -0.1) is 12.4 Å². The molecule has 1 heterocycles. The summed E-state index contributed by atoms with van der Waals surface area (Å²) in [4.78, 5) is 7.61. The number of sulfone groups is 1. The minimum absolute atomic E-state index is 0. The highest BCUT2D eigenvalue weighted by Gasteiger charge is 2.07. The van der Waals surface area contributed by atoms with Crippen LogP contribution < -0.4 is 5.73 Å². The molecule has 2 N–H and O–H groups in total. The summed E-state index contributed by atoms with van der Waals surface area (Å²) >= 11 is 0. The molecule has 0 aliphatic heterocycles. The molecule has 0 fully saturated rings. The Kier molecular flexibility index (Phi) is 4.25. The molecule has 1 aromatic heterocycles. The Morgan fingerprint density at radius 1 is 1.38 bits per heavy atom. The molecule has 13 heavy (non-hydrogen) atoms. The van der Waals surface area contributed by atoms with Gasteiger partial charge < -0.3 is 5.73 Å². The lowest BCUT2D eigenvalue weighted by Crippen LogP contribution is -2.05. The smallest absolute Gasteiger partial charge is 0.178 e. The van der Waals surface area contributed by atoms with Gasteiger partial charge in [0.15, 0.2) is 9.84 Å². The van der Waals surface area contributed by atoms with Crippen molar-refractivity contribution in [3.63, 3.8) is 0 Å². The summed E-state index contributed by atoms with van der Waals surface area (Å²) in [7, 11) is -3.19. The molecule has 0 aromatic carbocycles. The first-order valence-electron chi connectivity index (χ1n) is 3.25. The molecule has 5 nitrogen and oxygen atoms in total. The Morgan fingerprint density at radius 2 is 1.85 bits per heavy atom. The molecule has 1 rings (SSSR count). The van der Waals surface area contributed by atoms with Gasteiger partial charge in [-0.25, -0.2) is 18.4 Å². The molecule has 1 aromatic rings. The van der Waals surface area contributed by atoms with E-state index < -0.39 is 9.84 Å². The molecule has 0 aliphatic carbocycles. The van der Waals surface area contributed by atoms with Crippen LogP contribution in [-0.4, -0.2) is 24.6 Å². The third-order valence-electron chi connectivity index (χ3n) is 1.29. The van der Waals surface area contributed by atoms with E-state index in [1.807, 2.05) is 0 Å². The summed E-state index contributed by atoms with van der Waals surface area (Å²) in [5, 5.41) is 0. The number of rotatable bonds is 2. The van der Waals surface area contributed by atoms with E-state index in [1.54, 1.807) is 0 Å². The summed E-state index contributed by atoms with van der Waals surface area (Å²) in [6.45, 7) is 0.212. The van der Waals surface area contributed by atoms with E-state index >= 15 is 0 Å². The second kappa shape index (κ2) is 4.50. The zero-order chi connectivity index (χ0) is 9.19. The predicted octanol–water partition coefficient (Wildman–Crippen LogP) is -0.239. The van der Waals surface area contributed by atoms with Crippen LogP contribution in [0.25, 0.3) is 0 Å². The van der Waals surface area contributed by atoms with Crippen LogP contribution in [0.5, 0.6) is 0 Å². The van der Waals surface area contributed by atoms with Crippen molar-refractivity contribution >= 4 is 22.2 Å². The van der Waals surface area contributed by atoms with Gasteiger partial charge in [0.25, 0.3) is 0 Å². The first-order chi connectivity index (χ1) is 5.54. The van der Waals surface area contributed by atoms with Crippen molar-refractivity contribution < 1.29 is 8.42 Å². The van der Waals surface area contributed by atoms with E-state index in [9.17, 15) is 8.42 Å². The molecule has 0 amide bonds. The maximum atomic E-state index is 10.9. The van der Waals surface area contributed by atoms with Gasteiger partial charge in [-0.05, 0) is 0 Å². The number of aromatic nitrogens is 2. The normalized spacial score (nSPS) is 10.6. The molecule has 0 saturated carbocycles. The summed E-state index contributed by atoms with van der Waals surface area (Å²) < 4.78 is 21.8. The molecule has 0 radical (unpaired) electrons. The predicted molar refractivity (Wildman–Crippen MR) is 50.3 cm³/mol. The Morgan fingerprint density at radius 3 is 2.15 bits per heavy atom. The second-order valence-electron chi connectivity index (χ2n) is 2.31. The third-order valence-corrected chi connectivity index (χ3v) is 2.36. The molecule has 0 saturated heterocycles. The van der Waals surface area contributed by atoms with Crippen LogP contribution in [0.2, 0.25) is 0 Å². The van der Waals surface area contributed by atoms with Crippen molar-refractivity contribution in [2.45, 2.75) is 11.4 Å². The van der Waals surface area contributed by atoms with Crippen molar-refractivity contribution in [2.75, 3.05) is 6.26 Å². The molecule has 0 spiro atoms. The molecule has 0 bridgehead atoms. The maximum Gasteiger partial charge on any atom is 0.178 e. The molecule has 0 atom stereocenters. The van der Waals surface area contributed by atoms with E-state index in [0.717, 1.165) is 6.26 Å². The number of halogens is 1. The number of nitrogens with two attached hydrogens (primary N) is 1. The second-order valence-corrected chi connectivity index (χ2v) is 4.33. The van der Waals surface area contributed by atoms with Crippen LogP contribution in [-0.2, 0) is 16.4 Å². The highest BCUT2D eigenvalue weighted by Crippen LogP contribution is 2.03. The van der Waals surface area contributed by atoms with E-state index in [4.69, 9.17) is 5.73 Å². The van der Waals surface area contributed by atoms with Gasteiger partial charge in [0.1, 0.15) is 10.7 Å². The van der Waals surface area contributed by atoms with Crippen LogP contribution in [0.4, 0.5) is 0 Å². The summed E-state index contributed by atoms with van der Waals surface area (Å²) in [5.41, 5.74) is 5.23. The van der Waals surface area contributed by atoms with Crippen molar-refractivity contribution in [3.05, 3.63) is 18.2 Å². The molecule has 7 heteroatoms. The monoisotopic (exact) mass is 223 g/mol. The van der Waals surface area contributed by atoms with Gasteiger partial charge in [-0.2, -0.15) is 0 Å². The average molecular weight is 224 g/mol. The van der Waals surface area contributed by atoms with Gasteiger partial charge in [0, 0.05) is 18.6 Å². The van der Waals surface area contributed by atoms with Crippen molar-refractivity contribution in [3.8, 4) is 0 Å². The fourth-order valence-corrected chi connectivity index (χ4v) is 1.13. The number of hydrogen-bond donors (Lipinski definition) is 1. The van der Waals surface area contributed by atoms with E-state index in [-0.39, 0.29) is 23.8 Å². The Balaban J connectivity index is 0.00000144. The molecular weight excluding hydrogens is 214 g/mol. The minimum atomic E-state index is -3.19. The van der Waals surface area contributed by atoms with Gasteiger partial charge >= 0.3 is 0 Å². The van der Waals surface area contributed by atoms with Crippen LogP contribution in [0.3, 0.4) is 0 Å². The number of nitrogens with zero attached hydrogens (tertiary/aromatic N) is 2. The van der Waals surface area contributed by atoms with Gasteiger partial charge in [-0.3, -0.25) is 0 Å². The Hall–Kier alpha value is -0.720. The highest BCUT2D eigenvalue weighted by molar-refractivity contribution is 7.90. The van der Waals surface area contributed by atoms with Crippen LogP contribution in [0.15, 0.2) is 17.3 Å². The zero-order valence-corrected chi connectivity index (χ0v) is 8.60. The SMILES string of the molecule is CS(=O)(=O)c1cnc(CN)nc1.Cl. The first-order valence-corrected chi connectivity index (χ1v) is 5.14. The fraction of sp³-hybridized carbons (Fsp3) is 0.333. The molecule has 0 aliphatic rings. The lowest BCUT2D eigenvalue weighted by Gasteiger charge is -1.97. The quantitative estimate of drug-likeness (QED) is 0.748. The highest BCUT2D eigenvalue weighted by atomic mass is 35.5. The largest absolute Gasteiger partial charge is 0.324 e. The fourth-order valence-electron chi connectivity index (χ4n) is 0.640. The number of hydrogen-bond acceptors (Lipinski definition) is 5. The lowest BCUT2D eigenvalue weighted by molar-refractivity contribution is 0.600. The Labute approximate surface area is 82.7 Å². The molecular formula is C6H10ClN3O2S. The summed E-state index contributed by atoms with van der Waals surface area (Å²) in [5.74, 6) is 0.433. The average Bonchev–Trinajstić information content (AvgIpc) is 2.03. The maximum absolute atomic E-state index is 10.9. The third kappa shape index (κ3) is 3.25. The van der Waals surface area contributed by atoms with Crippen LogP contribution in [0, 0.1) is 0 Å². The van der Waals surface area contributed by atoms with E-state index in [1.165, 1.54) is 12.4 Å². The molecule has 0 unspecified atom stereocenters. The first kappa shape index (κ1) is 12.3.